The molecule has 0 aromatic heterocycles. The first kappa shape index (κ1) is 17.3. The fourth-order valence-electron chi connectivity index (χ4n) is 2.59. The van der Waals surface area contributed by atoms with Crippen LogP contribution in [0, 0.1) is 5.41 Å². The Morgan fingerprint density at radius 2 is 2.00 bits per heavy atom. The van der Waals surface area contributed by atoms with Gasteiger partial charge in [-0.3, -0.25) is 9.59 Å². The summed E-state index contributed by atoms with van der Waals surface area (Å²) < 4.78 is 0. The summed E-state index contributed by atoms with van der Waals surface area (Å²) in [7, 11) is 0. The lowest BCUT2D eigenvalue weighted by Crippen LogP contribution is -2.60. The molecule has 3 N–H and O–H groups in total. The fraction of sp³-hybridized carbons (Fsp3) is 0.786. The molecule has 7 nitrogen and oxygen atoms in total. The molecule has 120 valence electrons. The van der Waals surface area contributed by atoms with Gasteiger partial charge < -0.3 is 20.6 Å². The van der Waals surface area contributed by atoms with Crippen LogP contribution < -0.4 is 10.6 Å². The Kier molecular flexibility index (Phi) is 5.99. The average molecular weight is 299 g/mol. The third-order valence-corrected chi connectivity index (χ3v) is 4.36. The molecular weight excluding hydrogens is 274 g/mol. The van der Waals surface area contributed by atoms with E-state index >= 15 is 0 Å². The van der Waals surface area contributed by atoms with E-state index in [9.17, 15) is 19.5 Å². The Morgan fingerprint density at radius 1 is 1.38 bits per heavy atom. The molecular formula is C14H25N3O4. The van der Waals surface area contributed by atoms with Gasteiger partial charge in [-0.05, 0) is 19.3 Å². The molecule has 1 aliphatic rings. The molecule has 7 heteroatoms. The summed E-state index contributed by atoms with van der Waals surface area (Å²) in [4.78, 5) is 36.9. The molecule has 3 amide bonds. The van der Waals surface area contributed by atoms with Gasteiger partial charge in [-0.1, -0.05) is 20.8 Å². The van der Waals surface area contributed by atoms with Crippen molar-refractivity contribution in [2.45, 2.75) is 46.1 Å². The normalized spacial score (nSPS) is 19.1. The first-order valence-corrected chi connectivity index (χ1v) is 7.47. The Balaban J connectivity index is 2.71. The average Bonchev–Trinajstić information content (AvgIpc) is 2.48. The Morgan fingerprint density at radius 3 is 2.48 bits per heavy atom. The number of carboxylic acids is 1. The number of hydrogen-bond acceptors (Lipinski definition) is 3. The van der Waals surface area contributed by atoms with Crippen LogP contribution in [0.15, 0.2) is 0 Å². The van der Waals surface area contributed by atoms with Gasteiger partial charge in [0.05, 0.1) is 5.41 Å². The number of carboxylic acid groups (broad SMARTS) is 1. The molecule has 0 spiro atoms. The Bertz CT molecular complexity index is 407. The lowest BCUT2D eigenvalue weighted by Gasteiger charge is -2.35. The van der Waals surface area contributed by atoms with E-state index in [1.165, 1.54) is 4.90 Å². The zero-order chi connectivity index (χ0) is 16.0. The third-order valence-electron chi connectivity index (χ3n) is 4.36. The number of piperazine rings is 1. The van der Waals surface area contributed by atoms with Crippen LogP contribution in [-0.4, -0.2) is 53.6 Å². The van der Waals surface area contributed by atoms with Gasteiger partial charge in [0.2, 0.25) is 5.91 Å². The molecule has 1 rings (SSSR count). The largest absolute Gasteiger partial charge is 0.481 e. The van der Waals surface area contributed by atoms with Crippen LogP contribution in [0.2, 0.25) is 0 Å². The van der Waals surface area contributed by atoms with Gasteiger partial charge >= 0.3 is 12.0 Å². The molecule has 1 fully saturated rings. The highest BCUT2D eigenvalue weighted by Crippen LogP contribution is 2.25. The summed E-state index contributed by atoms with van der Waals surface area (Å²) in [6.45, 7) is 6.38. The maximum atomic E-state index is 12.3. The molecule has 1 unspecified atom stereocenters. The van der Waals surface area contributed by atoms with Gasteiger partial charge in [0.25, 0.3) is 0 Å². The predicted octanol–water partition coefficient (Wildman–Crippen LogP) is 0.797. The molecule has 1 saturated heterocycles. The minimum atomic E-state index is -0.949. The maximum Gasteiger partial charge on any atom is 0.318 e. The minimum absolute atomic E-state index is 0.0721. The van der Waals surface area contributed by atoms with E-state index in [1.807, 2.05) is 6.92 Å². The van der Waals surface area contributed by atoms with Crippen molar-refractivity contribution in [3.63, 3.8) is 0 Å². The molecule has 0 radical (unpaired) electrons. The first-order chi connectivity index (χ1) is 9.91. The number of carbonyl (C=O) groups excluding carboxylic acids is 2. The van der Waals surface area contributed by atoms with Gasteiger partial charge in [-0.15, -0.1) is 0 Å². The molecule has 21 heavy (non-hydrogen) atoms. The van der Waals surface area contributed by atoms with Crippen LogP contribution in [0.4, 0.5) is 4.79 Å². The number of rotatable bonds is 6. The van der Waals surface area contributed by atoms with Crippen LogP contribution in [0.5, 0.6) is 0 Å². The smallest absolute Gasteiger partial charge is 0.318 e. The van der Waals surface area contributed by atoms with Crippen molar-refractivity contribution in [2.75, 3.05) is 19.6 Å². The summed E-state index contributed by atoms with van der Waals surface area (Å²) in [6.07, 6.45) is 1.42. The Labute approximate surface area is 125 Å². The fourth-order valence-corrected chi connectivity index (χ4v) is 2.59. The predicted molar refractivity (Wildman–Crippen MR) is 77.8 cm³/mol. The SMILES string of the molecule is CCC1C(=O)NCCN1C(=O)NCC(CC)(CC)C(=O)O. The summed E-state index contributed by atoms with van der Waals surface area (Å²) in [5, 5.41) is 14.8. The second-order valence-electron chi connectivity index (χ2n) is 5.36. The van der Waals surface area contributed by atoms with Crippen molar-refractivity contribution in [1.29, 1.82) is 0 Å². The second-order valence-corrected chi connectivity index (χ2v) is 5.36. The standard InChI is InChI=1S/C14H25N3O4/c1-4-10-11(18)15-7-8-17(10)13(21)16-9-14(5-2,6-3)12(19)20/h10H,4-9H2,1-3H3,(H,15,18)(H,16,21)(H,19,20). The number of nitrogens with zero attached hydrogens (tertiary/aromatic N) is 1. The van der Waals surface area contributed by atoms with Crippen molar-refractivity contribution in [3.8, 4) is 0 Å². The zero-order valence-corrected chi connectivity index (χ0v) is 12.9. The van der Waals surface area contributed by atoms with Crippen molar-refractivity contribution in [1.82, 2.24) is 15.5 Å². The summed E-state index contributed by atoms with van der Waals surface area (Å²) >= 11 is 0. The zero-order valence-electron chi connectivity index (χ0n) is 12.9. The van der Waals surface area contributed by atoms with Crippen molar-refractivity contribution >= 4 is 17.9 Å². The maximum absolute atomic E-state index is 12.3. The van der Waals surface area contributed by atoms with Crippen LogP contribution >= 0.6 is 0 Å². The van der Waals surface area contributed by atoms with Crippen LogP contribution in [-0.2, 0) is 9.59 Å². The van der Waals surface area contributed by atoms with Gasteiger partial charge in [0, 0.05) is 19.6 Å². The van der Waals surface area contributed by atoms with Gasteiger partial charge in [0.15, 0.2) is 0 Å². The van der Waals surface area contributed by atoms with E-state index in [0.29, 0.717) is 32.4 Å². The molecule has 0 aromatic carbocycles. The molecule has 1 atom stereocenters. The number of carbonyl (C=O) groups is 3. The summed E-state index contributed by atoms with van der Waals surface area (Å²) in [6, 6.07) is -0.856. The highest BCUT2D eigenvalue weighted by atomic mass is 16.4. The molecule has 0 aromatic rings. The second kappa shape index (κ2) is 7.28. The number of urea groups is 1. The number of hydrogen-bond donors (Lipinski definition) is 3. The highest BCUT2D eigenvalue weighted by Gasteiger charge is 2.37. The molecule has 0 bridgehead atoms. The van der Waals surface area contributed by atoms with Crippen LogP contribution in [0.25, 0.3) is 0 Å². The van der Waals surface area contributed by atoms with E-state index in [4.69, 9.17) is 0 Å². The van der Waals surface area contributed by atoms with E-state index in [0.717, 1.165) is 0 Å². The lowest BCUT2D eigenvalue weighted by molar-refractivity contribution is -0.149. The first-order valence-electron chi connectivity index (χ1n) is 7.47. The van der Waals surface area contributed by atoms with Gasteiger partial charge in [-0.25, -0.2) is 4.79 Å². The Hall–Kier alpha value is -1.79. The molecule has 1 heterocycles. The van der Waals surface area contributed by atoms with Gasteiger partial charge in [-0.2, -0.15) is 0 Å². The summed E-state index contributed by atoms with van der Waals surface area (Å²) in [5.41, 5.74) is -0.949. The van der Waals surface area contributed by atoms with E-state index < -0.39 is 17.4 Å². The quantitative estimate of drug-likeness (QED) is 0.675. The van der Waals surface area contributed by atoms with Crippen LogP contribution in [0.3, 0.4) is 0 Å². The van der Waals surface area contributed by atoms with Crippen LogP contribution in [0.1, 0.15) is 40.0 Å². The van der Waals surface area contributed by atoms with E-state index in [2.05, 4.69) is 10.6 Å². The summed E-state index contributed by atoms with van der Waals surface area (Å²) in [5.74, 6) is -1.06. The highest BCUT2D eigenvalue weighted by molar-refractivity contribution is 5.88. The molecule has 0 aliphatic carbocycles. The third kappa shape index (κ3) is 3.65. The van der Waals surface area contributed by atoms with Gasteiger partial charge in [0.1, 0.15) is 6.04 Å². The van der Waals surface area contributed by atoms with E-state index in [-0.39, 0.29) is 18.5 Å². The van der Waals surface area contributed by atoms with Crippen molar-refractivity contribution < 1.29 is 19.5 Å². The number of amides is 3. The molecule has 1 aliphatic heterocycles. The minimum Gasteiger partial charge on any atom is -0.481 e. The molecule has 0 saturated carbocycles. The van der Waals surface area contributed by atoms with Crippen molar-refractivity contribution in [3.05, 3.63) is 0 Å². The monoisotopic (exact) mass is 299 g/mol. The van der Waals surface area contributed by atoms with E-state index in [1.54, 1.807) is 13.8 Å². The topological polar surface area (TPSA) is 98.7 Å². The number of nitrogens with one attached hydrogen (secondary N) is 2. The van der Waals surface area contributed by atoms with Crippen molar-refractivity contribution in [2.24, 2.45) is 5.41 Å². The lowest BCUT2D eigenvalue weighted by atomic mass is 9.82. The number of aliphatic carboxylic acids is 1.